The molecule has 0 radical (unpaired) electrons. The molecule has 0 aromatic rings. The highest BCUT2D eigenvalue weighted by Crippen LogP contribution is 2.06. The molecular weight excluding hydrogens is 220 g/mol. The molecule has 1 fully saturated rings. The molecule has 0 amide bonds. The van der Waals surface area contributed by atoms with Gasteiger partial charge in [-0.1, -0.05) is 5.16 Å². The predicted molar refractivity (Wildman–Crippen MR) is 67.4 cm³/mol. The van der Waals surface area contributed by atoms with Gasteiger partial charge in [-0.25, -0.2) is 0 Å². The summed E-state index contributed by atoms with van der Waals surface area (Å²) in [5, 5.41) is 11.7. The first-order valence-corrected chi connectivity index (χ1v) is 6.20. The second kappa shape index (κ2) is 7.47. The summed E-state index contributed by atoms with van der Waals surface area (Å²) < 4.78 is 5.34. The van der Waals surface area contributed by atoms with E-state index in [1.165, 1.54) is 0 Å². The van der Waals surface area contributed by atoms with E-state index in [4.69, 9.17) is 15.7 Å². The van der Waals surface area contributed by atoms with Gasteiger partial charge in [0.1, 0.15) is 0 Å². The van der Waals surface area contributed by atoms with Gasteiger partial charge in [0.15, 0.2) is 5.84 Å². The molecule has 1 aliphatic heterocycles. The van der Waals surface area contributed by atoms with Crippen LogP contribution in [0.1, 0.15) is 13.8 Å². The molecule has 17 heavy (non-hydrogen) atoms. The van der Waals surface area contributed by atoms with Gasteiger partial charge in [-0.2, -0.15) is 0 Å². The SMILES string of the molecule is CCOCCN1CCN(C(C)C(N)=NO)CC1. The minimum Gasteiger partial charge on any atom is -0.409 e. The quantitative estimate of drug-likeness (QED) is 0.222. The molecule has 3 N–H and O–H groups in total. The van der Waals surface area contributed by atoms with Crippen LogP contribution in [0, 0.1) is 0 Å². The maximum absolute atomic E-state index is 8.64. The van der Waals surface area contributed by atoms with E-state index in [1.807, 2.05) is 13.8 Å². The zero-order valence-electron chi connectivity index (χ0n) is 10.8. The van der Waals surface area contributed by atoms with Gasteiger partial charge < -0.3 is 15.7 Å². The molecule has 1 saturated heterocycles. The molecule has 0 spiro atoms. The number of oxime groups is 1. The Morgan fingerprint density at radius 1 is 1.41 bits per heavy atom. The van der Waals surface area contributed by atoms with Crippen LogP contribution in [0.5, 0.6) is 0 Å². The Kier molecular flexibility index (Phi) is 6.25. The number of ether oxygens (including phenoxy) is 1. The first-order chi connectivity index (χ1) is 8.19. The van der Waals surface area contributed by atoms with Crippen molar-refractivity contribution in [3.05, 3.63) is 0 Å². The lowest BCUT2D eigenvalue weighted by Crippen LogP contribution is -2.53. The van der Waals surface area contributed by atoms with Crippen LogP contribution in [0.3, 0.4) is 0 Å². The third-order valence-corrected chi connectivity index (χ3v) is 3.25. The summed E-state index contributed by atoms with van der Waals surface area (Å²) in [4.78, 5) is 4.61. The normalized spacial score (nSPS) is 21.6. The number of rotatable bonds is 6. The summed E-state index contributed by atoms with van der Waals surface area (Å²) >= 11 is 0. The van der Waals surface area contributed by atoms with Crippen LogP contribution in [0.15, 0.2) is 5.16 Å². The molecule has 0 aromatic carbocycles. The van der Waals surface area contributed by atoms with Crippen LogP contribution in [0.25, 0.3) is 0 Å². The molecule has 0 aliphatic carbocycles. The summed E-state index contributed by atoms with van der Waals surface area (Å²) in [6, 6.07) is 0.00837. The smallest absolute Gasteiger partial charge is 0.156 e. The van der Waals surface area contributed by atoms with E-state index >= 15 is 0 Å². The molecular formula is C11H24N4O2. The number of hydrogen-bond donors (Lipinski definition) is 2. The Bertz CT molecular complexity index is 240. The Morgan fingerprint density at radius 2 is 2.06 bits per heavy atom. The Balaban J connectivity index is 2.25. The lowest BCUT2D eigenvalue weighted by atomic mass is 10.2. The van der Waals surface area contributed by atoms with Crippen molar-refractivity contribution in [2.45, 2.75) is 19.9 Å². The Labute approximate surface area is 103 Å². The van der Waals surface area contributed by atoms with Crippen LogP contribution in [-0.4, -0.2) is 72.8 Å². The summed E-state index contributed by atoms with van der Waals surface area (Å²) in [6.07, 6.45) is 0. The van der Waals surface area contributed by atoms with E-state index < -0.39 is 0 Å². The molecule has 0 aromatic heterocycles. The number of hydrogen-bond acceptors (Lipinski definition) is 5. The highest BCUT2D eigenvalue weighted by Gasteiger charge is 2.22. The fraction of sp³-hybridized carbons (Fsp3) is 0.909. The topological polar surface area (TPSA) is 74.3 Å². The van der Waals surface area contributed by atoms with Crippen LogP contribution in [0.4, 0.5) is 0 Å². The highest BCUT2D eigenvalue weighted by atomic mass is 16.5. The van der Waals surface area contributed by atoms with Gasteiger partial charge in [-0.3, -0.25) is 9.80 Å². The summed E-state index contributed by atoms with van der Waals surface area (Å²) in [5.41, 5.74) is 5.60. The van der Waals surface area contributed by atoms with Crippen molar-refractivity contribution in [3.8, 4) is 0 Å². The fourth-order valence-corrected chi connectivity index (χ4v) is 1.98. The molecule has 0 saturated carbocycles. The average molecular weight is 244 g/mol. The van der Waals surface area contributed by atoms with Crippen LogP contribution >= 0.6 is 0 Å². The Hall–Kier alpha value is -0.850. The van der Waals surface area contributed by atoms with Crippen molar-refractivity contribution >= 4 is 5.84 Å². The monoisotopic (exact) mass is 244 g/mol. The van der Waals surface area contributed by atoms with Crippen molar-refractivity contribution in [2.75, 3.05) is 45.9 Å². The fourth-order valence-electron chi connectivity index (χ4n) is 1.98. The van der Waals surface area contributed by atoms with Gasteiger partial charge in [-0.05, 0) is 13.8 Å². The van der Waals surface area contributed by atoms with E-state index in [0.29, 0.717) is 0 Å². The maximum Gasteiger partial charge on any atom is 0.156 e. The van der Waals surface area contributed by atoms with Crippen molar-refractivity contribution in [2.24, 2.45) is 10.9 Å². The Morgan fingerprint density at radius 3 is 2.59 bits per heavy atom. The highest BCUT2D eigenvalue weighted by molar-refractivity contribution is 5.84. The van der Waals surface area contributed by atoms with Gasteiger partial charge >= 0.3 is 0 Å². The molecule has 1 atom stereocenters. The summed E-state index contributed by atoms with van der Waals surface area (Å²) in [5.74, 6) is 0.285. The van der Waals surface area contributed by atoms with Gasteiger partial charge in [0.05, 0.1) is 12.6 Å². The first-order valence-electron chi connectivity index (χ1n) is 6.20. The van der Waals surface area contributed by atoms with Crippen molar-refractivity contribution in [1.82, 2.24) is 9.80 Å². The van der Waals surface area contributed by atoms with Gasteiger partial charge in [0.2, 0.25) is 0 Å². The molecule has 1 aliphatic rings. The van der Waals surface area contributed by atoms with Crippen LogP contribution in [0.2, 0.25) is 0 Å². The van der Waals surface area contributed by atoms with Gasteiger partial charge in [0, 0.05) is 39.3 Å². The molecule has 6 heteroatoms. The second-order valence-electron chi connectivity index (χ2n) is 4.28. The number of amidine groups is 1. The number of piperazine rings is 1. The molecule has 1 rings (SSSR count). The molecule has 0 bridgehead atoms. The standard InChI is InChI=1S/C11H24N4O2/c1-3-17-9-8-14-4-6-15(7-5-14)10(2)11(12)13-16/h10,16H,3-9H2,1-2H3,(H2,12,13). The van der Waals surface area contributed by atoms with E-state index in [2.05, 4.69) is 15.0 Å². The van der Waals surface area contributed by atoms with Crippen molar-refractivity contribution in [3.63, 3.8) is 0 Å². The third kappa shape index (κ3) is 4.49. The van der Waals surface area contributed by atoms with E-state index in [0.717, 1.165) is 45.9 Å². The molecule has 6 nitrogen and oxygen atoms in total. The van der Waals surface area contributed by atoms with E-state index in [9.17, 15) is 0 Å². The van der Waals surface area contributed by atoms with Crippen LogP contribution < -0.4 is 5.73 Å². The zero-order chi connectivity index (χ0) is 12.7. The number of nitrogens with two attached hydrogens (primary N) is 1. The van der Waals surface area contributed by atoms with Gasteiger partial charge in [-0.15, -0.1) is 0 Å². The average Bonchev–Trinajstić information content (AvgIpc) is 2.38. The molecule has 100 valence electrons. The minimum absolute atomic E-state index is 0.00837. The molecule has 1 heterocycles. The van der Waals surface area contributed by atoms with E-state index in [1.54, 1.807) is 0 Å². The summed E-state index contributed by atoms with van der Waals surface area (Å²) in [7, 11) is 0. The van der Waals surface area contributed by atoms with E-state index in [-0.39, 0.29) is 11.9 Å². The number of nitrogens with zero attached hydrogens (tertiary/aromatic N) is 3. The lowest BCUT2D eigenvalue weighted by Gasteiger charge is -2.37. The predicted octanol–water partition coefficient (Wildman–Crippen LogP) is -0.225. The largest absolute Gasteiger partial charge is 0.409 e. The third-order valence-electron chi connectivity index (χ3n) is 3.25. The minimum atomic E-state index is 0.00837. The first kappa shape index (κ1) is 14.2. The van der Waals surface area contributed by atoms with Crippen LogP contribution in [-0.2, 0) is 4.74 Å². The lowest BCUT2D eigenvalue weighted by molar-refractivity contribution is 0.0763. The summed E-state index contributed by atoms with van der Waals surface area (Å²) in [6.45, 7) is 10.5. The zero-order valence-corrected chi connectivity index (χ0v) is 10.8. The van der Waals surface area contributed by atoms with Crippen molar-refractivity contribution < 1.29 is 9.94 Å². The molecule has 1 unspecified atom stereocenters. The second-order valence-corrected chi connectivity index (χ2v) is 4.28. The van der Waals surface area contributed by atoms with Crippen molar-refractivity contribution in [1.29, 1.82) is 0 Å². The maximum atomic E-state index is 8.64. The van der Waals surface area contributed by atoms with Gasteiger partial charge in [0.25, 0.3) is 0 Å².